The summed E-state index contributed by atoms with van der Waals surface area (Å²) < 4.78 is 0. The minimum atomic E-state index is -0.827. The van der Waals surface area contributed by atoms with Crippen LogP contribution in [0.2, 0.25) is 0 Å². The zero-order valence-electron chi connectivity index (χ0n) is 10.6. The summed E-state index contributed by atoms with van der Waals surface area (Å²) >= 11 is 0. The minimum Gasteiger partial charge on any atom is -0.389 e. The number of aliphatic hydroxyl groups is 1. The fraction of sp³-hybridized carbons (Fsp3) is 0.909. The van der Waals surface area contributed by atoms with Gasteiger partial charge in [0.05, 0.1) is 11.6 Å². The number of rotatable bonds is 5. The van der Waals surface area contributed by atoms with E-state index in [1.807, 2.05) is 20.8 Å². The Balaban J connectivity index is 4.13. The van der Waals surface area contributed by atoms with Crippen LogP contribution >= 0.6 is 0 Å². The normalized spacial score (nSPS) is 16.3. The zero-order chi connectivity index (χ0) is 12.2. The van der Waals surface area contributed by atoms with E-state index in [1.54, 1.807) is 20.8 Å². The van der Waals surface area contributed by atoms with Gasteiger partial charge in [0.1, 0.15) is 0 Å². The first-order chi connectivity index (χ1) is 6.64. The van der Waals surface area contributed by atoms with Crippen LogP contribution in [0.3, 0.4) is 0 Å². The Morgan fingerprint density at radius 2 is 1.67 bits per heavy atom. The zero-order valence-corrected chi connectivity index (χ0v) is 10.6. The molecular formula is C11H24N2O2. The Labute approximate surface area is 92.4 Å². The van der Waals surface area contributed by atoms with Crippen LogP contribution in [-0.4, -0.2) is 34.7 Å². The van der Waals surface area contributed by atoms with Gasteiger partial charge >= 0.3 is 0 Å². The highest BCUT2D eigenvalue weighted by molar-refractivity contribution is 5.81. The maximum atomic E-state index is 11.6. The third-order valence-electron chi connectivity index (χ3n) is 2.38. The van der Waals surface area contributed by atoms with Crippen LogP contribution in [0.4, 0.5) is 0 Å². The second kappa shape index (κ2) is 5.47. The molecule has 0 aliphatic carbocycles. The second-order valence-electron chi connectivity index (χ2n) is 4.93. The lowest BCUT2D eigenvalue weighted by Gasteiger charge is -2.29. The van der Waals surface area contributed by atoms with E-state index < -0.39 is 5.60 Å². The van der Waals surface area contributed by atoms with E-state index in [1.165, 1.54) is 0 Å². The van der Waals surface area contributed by atoms with Gasteiger partial charge in [-0.25, -0.2) is 0 Å². The molecule has 2 atom stereocenters. The fourth-order valence-corrected chi connectivity index (χ4v) is 1.06. The predicted octanol–water partition coefficient (Wildman–Crippen LogP) is 0.648. The van der Waals surface area contributed by atoms with Crippen molar-refractivity contribution < 1.29 is 9.90 Å². The Morgan fingerprint density at radius 1 is 1.20 bits per heavy atom. The van der Waals surface area contributed by atoms with Crippen molar-refractivity contribution in [1.82, 2.24) is 10.6 Å². The smallest absolute Gasteiger partial charge is 0.237 e. The third-order valence-corrected chi connectivity index (χ3v) is 2.38. The molecule has 15 heavy (non-hydrogen) atoms. The molecule has 0 bridgehead atoms. The molecule has 4 heteroatoms. The average molecular weight is 216 g/mol. The van der Waals surface area contributed by atoms with E-state index in [9.17, 15) is 9.90 Å². The SMILES string of the molecule is CC(C)NC(=O)C(C)NC(C)C(C)(C)O. The summed E-state index contributed by atoms with van der Waals surface area (Å²) in [5.74, 6) is -0.0406. The maximum absolute atomic E-state index is 11.6. The van der Waals surface area contributed by atoms with Gasteiger partial charge in [-0.05, 0) is 41.5 Å². The first-order valence-corrected chi connectivity index (χ1v) is 5.43. The number of amides is 1. The molecule has 0 aromatic heterocycles. The molecular weight excluding hydrogens is 192 g/mol. The van der Waals surface area contributed by atoms with Crippen LogP contribution in [0.1, 0.15) is 41.5 Å². The van der Waals surface area contributed by atoms with E-state index in [-0.39, 0.29) is 24.0 Å². The van der Waals surface area contributed by atoms with Crippen molar-refractivity contribution in [3.8, 4) is 0 Å². The summed E-state index contributed by atoms with van der Waals surface area (Å²) in [6.45, 7) is 10.9. The van der Waals surface area contributed by atoms with Gasteiger partial charge < -0.3 is 15.7 Å². The molecule has 0 saturated heterocycles. The van der Waals surface area contributed by atoms with Crippen molar-refractivity contribution in [2.45, 2.75) is 65.3 Å². The lowest BCUT2D eigenvalue weighted by molar-refractivity contribution is -0.123. The minimum absolute atomic E-state index is 0.0406. The number of hydrogen-bond donors (Lipinski definition) is 3. The lowest BCUT2D eigenvalue weighted by atomic mass is 10.00. The van der Waals surface area contributed by atoms with Gasteiger partial charge in [0, 0.05) is 12.1 Å². The highest BCUT2D eigenvalue weighted by Crippen LogP contribution is 2.08. The average Bonchev–Trinajstić information content (AvgIpc) is 2.00. The van der Waals surface area contributed by atoms with Crippen LogP contribution in [0, 0.1) is 0 Å². The molecule has 90 valence electrons. The molecule has 0 fully saturated rings. The van der Waals surface area contributed by atoms with Crippen molar-refractivity contribution in [3.05, 3.63) is 0 Å². The number of carbonyl (C=O) groups is 1. The molecule has 0 heterocycles. The Morgan fingerprint density at radius 3 is 2.00 bits per heavy atom. The van der Waals surface area contributed by atoms with E-state index >= 15 is 0 Å². The third kappa shape index (κ3) is 5.74. The summed E-state index contributed by atoms with van der Waals surface area (Å²) in [6, 6.07) is -0.293. The van der Waals surface area contributed by atoms with Crippen LogP contribution < -0.4 is 10.6 Å². The van der Waals surface area contributed by atoms with E-state index in [4.69, 9.17) is 0 Å². The van der Waals surface area contributed by atoms with Crippen molar-refractivity contribution in [2.75, 3.05) is 0 Å². The Kier molecular flexibility index (Phi) is 5.24. The fourth-order valence-electron chi connectivity index (χ4n) is 1.06. The Hall–Kier alpha value is -0.610. The first kappa shape index (κ1) is 14.4. The van der Waals surface area contributed by atoms with Crippen molar-refractivity contribution in [3.63, 3.8) is 0 Å². The van der Waals surface area contributed by atoms with Crippen molar-refractivity contribution >= 4 is 5.91 Å². The molecule has 0 aromatic carbocycles. The number of hydrogen-bond acceptors (Lipinski definition) is 3. The van der Waals surface area contributed by atoms with Crippen LogP contribution in [0.15, 0.2) is 0 Å². The molecule has 0 saturated carbocycles. The van der Waals surface area contributed by atoms with E-state index in [0.29, 0.717) is 0 Å². The summed E-state index contributed by atoms with van der Waals surface area (Å²) in [4.78, 5) is 11.6. The topological polar surface area (TPSA) is 61.4 Å². The van der Waals surface area contributed by atoms with E-state index in [2.05, 4.69) is 10.6 Å². The Bertz CT molecular complexity index is 209. The largest absolute Gasteiger partial charge is 0.389 e. The molecule has 0 rings (SSSR count). The van der Waals surface area contributed by atoms with Gasteiger partial charge in [-0.2, -0.15) is 0 Å². The van der Waals surface area contributed by atoms with Gasteiger partial charge in [-0.15, -0.1) is 0 Å². The summed E-state index contributed by atoms with van der Waals surface area (Å²) in [5, 5.41) is 15.6. The summed E-state index contributed by atoms with van der Waals surface area (Å²) in [6.07, 6.45) is 0. The van der Waals surface area contributed by atoms with Gasteiger partial charge in [0.15, 0.2) is 0 Å². The van der Waals surface area contributed by atoms with Gasteiger partial charge in [-0.1, -0.05) is 0 Å². The predicted molar refractivity (Wildman–Crippen MR) is 61.6 cm³/mol. The van der Waals surface area contributed by atoms with Gasteiger partial charge in [0.25, 0.3) is 0 Å². The van der Waals surface area contributed by atoms with Crippen LogP contribution in [0.25, 0.3) is 0 Å². The molecule has 0 spiro atoms. The van der Waals surface area contributed by atoms with Gasteiger partial charge in [0.2, 0.25) is 5.91 Å². The number of nitrogens with one attached hydrogen (secondary N) is 2. The maximum Gasteiger partial charge on any atom is 0.237 e. The molecule has 0 aromatic rings. The molecule has 1 amide bonds. The van der Waals surface area contributed by atoms with Crippen molar-refractivity contribution in [2.24, 2.45) is 0 Å². The highest BCUT2D eigenvalue weighted by atomic mass is 16.3. The summed E-state index contributed by atoms with van der Waals surface area (Å²) in [5.41, 5.74) is -0.827. The summed E-state index contributed by atoms with van der Waals surface area (Å²) in [7, 11) is 0. The number of carbonyl (C=O) groups excluding carboxylic acids is 1. The van der Waals surface area contributed by atoms with Crippen LogP contribution in [0.5, 0.6) is 0 Å². The van der Waals surface area contributed by atoms with E-state index in [0.717, 1.165) is 0 Å². The second-order valence-corrected chi connectivity index (χ2v) is 4.93. The molecule has 2 unspecified atom stereocenters. The monoisotopic (exact) mass is 216 g/mol. The molecule has 4 nitrogen and oxygen atoms in total. The standard InChI is InChI=1S/C11H24N2O2/c1-7(2)12-10(14)8(3)13-9(4)11(5,6)15/h7-9,13,15H,1-6H3,(H,12,14). The highest BCUT2D eigenvalue weighted by Gasteiger charge is 2.25. The van der Waals surface area contributed by atoms with Crippen molar-refractivity contribution in [1.29, 1.82) is 0 Å². The molecule has 3 N–H and O–H groups in total. The van der Waals surface area contributed by atoms with Crippen LogP contribution in [-0.2, 0) is 4.79 Å². The van der Waals surface area contributed by atoms with Gasteiger partial charge in [-0.3, -0.25) is 4.79 Å². The quantitative estimate of drug-likeness (QED) is 0.632. The molecule has 0 aliphatic rings. The molecule has 0 aliphatic heterocycles. The lowest BCUT2D eigenvalue weighted by Crippen LogP contribution is -2.53. The molecule has 0 radical (unpaired) electrons. The first-order valence-electron chi connectivity index (χ1n) is 5.43.